The molecule has 0 atom stereocenters. The Balaban J connectivity index is 1.69. The molecule has 0 radical (unpaired) electrons. The smallest absolute Gasteiger partial charge is 0.132 e. The minimum atomic E-state index is 0.364. The molecule has 27 heavy (non-hydrogen) atoms. The SMILES string of the molecule is COc1cccc(OCc2cnccn2)c1-c1ccc2c(c1)CCNCC2. The molecular formula is C22H23N3O2. The Bertz CT molecular complexity index is 913. The molecule has 1 aromatic heterocycles. The molecule has 0 amide bonds. The van der Waals surface area contributed by atoms with Crippen LogP contribution in [0.15, 0.2) is 55.0 Å². The highest BCUT2D eigenvalue weighted by Gasteiger charge is 2.16. The average molecular weight is 361 g/mol. The van der Waals surface area contributed by atoms with Gasteiger partial charge in [0.05, 0.1) is 24.6 Å². The van der Waals surface area contributed by atoms with Crippen LogP contribution < -0.4 is 14.8 Å². The molecular weight excluding hydrogens is 338 g/mol. The predicted molar refractivity (Wildman–Crippen MR) is 105 cm³/mol. The van der Waals surface area contributed by atoms with Crippen molar-refractivity contribution in [3.8, 4) is 22.6 Å². The van der Waals surface area contributed by atoms with Gasteiger partial charge in [-0.25, -0.2) is 0 Å². The van der Waals surface area contributed by atoms with Crippen LogP contribution in [0.1, 0.15) is 16.8 Å². The third-order valence-electron chi connectivity index (χ3n) is 4.84. The van der Waals surface area contributed by atoms with Crippen molar-refractivity contribution in [3.63, 3.8) is 0 Å². The Morgan fingerprint density at radius 1 is 1.00 bits per heavy atom. The van der Waals surface area contributed by atoms with Crippen LogP contribution in [-0.2, 0) is 19.4 Å². The summed E-state index contributed by atoms with van der Waals surface area (Å²) in [7, 11) is 1.69. The van der Waals surface area contributed by atoms with E-state index in [2.05, 4.69) is 33.5 Å². The molecule has 0 spiro atoms. The zero-order chi connectivity index (χ0) is 18.5. The first-order valence-corrected chi connectivity index (χ1v) is 9.23. The number of hydrogen-bond donors (Lipinski definition) is 1. The first-order valence-electron chi connectivity index (χ1n) is 9.23. The van der Waals surface area contributed by atoms with Crippen LogP contribution in [0, 0.1) is 0 Å². The second kappa shape index (κ2) is 8.18. The number of hydrogen-bond acceptors (Lipinski definition) is 5. The first-order chi connectivity index (χ1) is 13.3. The molecule has 2 aromatic carbocycles. The normalized spacial score (nSPS) is 13.5. The van der Waals surface area contributed by atoms with E-state index in [0.717, 1.165) is 54.3 Å². The van der Waals surface area contributed by atoms with Gasteiger partial charge in [-0.1, -0.05) is 24.3 Å². The van der Waals surface area contributed by atoms with E-state index in [9.17, 15) is 0 Å². The molecule has 5 nitrogen and oxygen atoms in total. The Labute approximate surface area is 159 Å². The van der Waals surface area contributed by atoms with E-state index >= 15 is 0 Å². The maximum Gasteiger partial charge on any atom is 0.132 e. The largest absolute Gasteiger partial charge is 0.496 e. The van der Waals surface area contributed by atoms with Gasteiger partial charge in [0.25, 0.3) is 0 Å². The number of benzene rings is 2. The van der Waals surface area contributed by atoms with E-state index < -0.39 is 0 Å². The maximum absolute atomic E-state index is 6.09. The molecule has 0 saturated heterocycles. The van der Waals surface area contributed by atoms with Gasteiger partial charge in [0.1, 0.15) is 18.1 Å². The van der Waals surface area contributed by atoms with Gasteiger partial charge in [-0.3, -0.25) is 9.97 Å². The molecule has 1 aliphatic heterocycles. The summed E-state index contributed by atoms with van der Waals surface area (Å²) < 4.78 is 11.7. The van der Waals surface area contributed by atoms with Crippen LogP contribution in [0.3, 0.4) is 0 Å². The van der Waals surface area contributed by atoms with Crippen molar-refractivity contribution >= 4 is 0 Å². The summed E-state index contributed by atoms with van der Waals surface area (Å²) in [5.74, 6) is 1.59. The Morgan fingerprint density at radius 2 is 1.85 bits per heavy atom. The van der Waals surface area contributed by atoms with E-state index in [-0.39, 0.29) is 0 Å². The second-order valence-electron chi connectivity index (χ2n) is 6.55. The van der Waals surface area contributed by atoms with Gasteiger partial charge in [0, 0.05) is 12.4 Å². The number of methoxy groups -OCH3 is 1. The van der Waals surface area contributed by atoms with Crippen LogP contribution >= 0.6 is 0 Å². The van der Waals surface area contributed by atoms with E-state index in [0.29, 0.717) is 6.61 Å². The van der Waals surface area contributed by atoms with Gasteiger partial charge in [-0.15, -0.1) is 0 Å². The number of ether oxygens (including phenoxy) is 2. The topological polar surface area (TPSA) is 56.3 Å². The zero-order valence-corrected chi connectivity index (χ0v) is 15.4. The molecule has 4 rings (SSSR count). The fraction of sp³-hybridized carbons (Fsp3) is 0.273. The maximum atomic E-state index is 6.09. The number of nitrogens with zero attached hydrogens (tertiary/aromatic N) is 2. The second-order valence-corrected chi connectivity index (χ2v) is 6.55. The highest BCUT2D eigenvalue weighted by atomic mass is 16.5. The lowest BCUT2D eigenvalue weighted by molar-refractivity contribution is 0.300. The summed E-state index contributed by atoms with van der Waals surface area (Å²) >= 11 is 0. The third kappa shape index (κ3) is 3.93. The van der Waals surface area contributed by atoms with Crippen molar-refractivity contribution in [1.29, 1.82) is 0 Å². The van der Waals surface area contributed by atoms with E-state index in [4.69, 9.17) is 9.47 Å². The molecule has 3 aromatic rings. The number of nitrogens with one attached hydrogen (secondary N) is 1. The van der Waals surface area contributed by atoms with Gasteiger partial charge in [0.2, 0.25) is 0 Å². The molecule has 0 unspecified atom stereocenters. The van der Waals surface area contributed by atoms with Crippen molar-refractivity contribution in [3.05, 3.63) is 71.8 Å². The first kappa shape index (κ1) is 17.5. The van der Waals surface area contributed by atoms with Gasteiger partial charge >= 0.3 is 0 Å². The Kier molecular flexibility index (Phi) is 5.30. The number of fused-ring (bicyclic) bond motifs is 1. The monoisotopic (exact) mass is 361 g/mol. The summed E-state index contributed by atoms with van der Waals surface area (Å²) in [6.45, 7) is 2.41. The molecule has 0 bridgehead atoms. The minimum absolute atomic E-state index is 0.364. The lowest BCUT2D eigenvalue weighted by atomic mass is 9.95. The summed E-state index contributed by atoms with van der Waals surface area (Å²) in [5, 5.41) is 3.46. The molecule has 0 aliphatic carbocycles. The van der Waals surface area contributed by atoms with Crippen molar-refractivity contribution in [2.75, 3.05) is 20.2 Å². The Hall–Kier alpha value is -2.92. The van der Waals surface area contributed by atoms with Crippen LogP contribution in [0.5, 0.6) is 11.5 Å². The minimum Gasteiger partial charge on any atom is -0.496 e. The van der Waals surface area contributed by atoms with E-state index in [1.54, 1.807) is 25.7 Å². The third-order valence-corrected chi connectivity index (χ3v) is 4.84. The van der Waals surface area contributed by atoms with Gasteiger partial charge in [0.15, 0.2) is 0 Å². The molecule has 0 fully saturated rings. The summed E-state index contributed by atoms with van der Waals surface area (Å²) in [5.41, 5.74) is 5.69. The zero-order valence-electron chi connectivity index (χ0n) is 15.4. The molecule has 138 valence electrons. The van der Waals surface area contributed by atoms with E-state index in [1.165, 1.54) is 11.1 Å². The van der Waals surface area contributed by atoms with Crippen LogP contribution in [0.2, 0.25) is 0 Å². The van der Waals surface area contributed by atoms with Gasteiger partial charge < -0.3 is 14.8 Å². The molecule has 2 heterocycles. The number of aromatic nitrogens is 2. The highest BCUT2D eigenvalue weighted by Crippen LogP contribution is 2.39. The van der Waals surface area contributed by atoms with Crippen LogP contribution in [-0.4, -0.2) is 30.2 Å². The highest BCUT2D eigenvalue weighted by molar-refractivity contribution is 5.77. The standard InChI is InChI=1S/C22H23N3O2/c1-26-20-3-2-4-21(27-15-19-14-24-11-12-25-19)22(20)18-6-5-16-7-9-23-10-8-17(16)13-18/h2-6,11-14,23H,7-10,15H2,1H3. The van der Waals surface area contributed by atoms with Crippen LogP contribution in [0.25, 0.3) is 11.1 Å². The summed E-state index contributed by atoms with van der Waals surface area (Å²) in [6.07, 6.45) is 7.15. The summed E-state index contributed by atoms with van der Waals surface area (Å²) in [4.78, 5) is 8.38. The lowest BCUT2D eigenvalue weighted by Gasteiger charge is -2.16. The van der Waals surface area contributed by atoms with Crippen molar-refractivity contribution < 1.29 is 9.47 Å². The average Bonchev–Trinajstić information content (AvgIpc) is 2.97. The molecule has 1 aliphatic rings. The van der Waals surface area contributed by atoms with Crippen molar-refractivity contribution in [2.24, 2.45) is 0 Å². The number of rotatable bonds is 5. The van der Waals surface area contributed by atoms with Gasteiger partial charge in [-0.2, -0.15) is 0 Å². The molecule has 1 N–H and O–H groups in total. The predicted octanol–water partition coefficient (Wildman–Crippen LogP) is 3.42. The fourth-order valence-corrected chi connectivity index (χ4v) is 3.47. The van der Waals surface area contributed by atoms with Crippen molar-refractivity contribution in [1.82, 2.24) is 15.3 Å². The Morgan fingerprint density at radius 3 is 2.67 bits per heavy atom. The van der Waals surface area contributed by atoms with E-state index in [1.807, 2.05) is 18.2 Å². The van der Waals surface area contributed by atoms with Gasteiger partial charge in [-0.05, 0) is 54.8 Å². The quantitative estimate of drug-likeness (QED) is 0.755. The summed E-state index contributed by atoms with van der Waals surface area (Å²) in [6, 6.07) is 12.6. The lowest BCUT2D eigenvalue weighted by Crippen LogP contribution is -2.16. The molecule has 5 heteroatoms. The molecule has 0 saturated carbocycles. The fourth-order valence-electron chi connectivity index (χ4n) is 3.47. The van der Waals surface area contributed by atoms with Crippen LogP contribution in [0.4, 0.5) is 0 Å². The van der Waals surface area contributed by atoms with Crippen molar-refractivity contribution in [2.45, 2.75) is 19.4 Å².